The lowest BCUT2D eigenvalue weighted by Crippen LogP contribution is -2.66. The van der Waals surface area contributed by atoms with Gasteiger partial charge in [0.2, 0.25) is 5.24 Å². The Morgan fingerprint density at radius 3 is 2.24 bits per heavy atom. The minimum Gasteiger partial charge on any atom is -0.462 e. The predicted molar refractivity (Wildman–Crippen MR) is 150 cm³/mol. The van der Waals surface area contributed by atoms with E-state index >= 15 is 0 Å². The Morgan fingerprint density at radius 2 is 1.61 bits per heavy atom. The molecule has 5 aliphatic carbocycles. The van der Waals surface area contributed by atoms with Crippen molar-refractivity contribution in [3.05, 3.63) is 11.6 Å². The summed E-state index contributed by atoms with van der Waals surface area (Å²) in [6.07, 6.45) is 10.9. The fraction of sp³-hybridized carbons (Fsp3) is 0.848. The summed E-state index contributed by atoms with van der Waals surface area (Å²) in [5.74, 6) is 0.663. The summed E-state index contributed by atoms with van der Waals surface area (Å²) in [4.78, 5) is 39.2. The fourth-order valence-electron chi connectivity index (χ4n) is 10.8. The van der Waals surface area contributed by atoms with Gasteiger partial charge in [-0.2, -0.15) is 0 Å². The van der Waals surface area contributed by atoms with Crippen molar-refractivity contribution >= 4 is 28.6 Å². The average molecular weight is 545 g/mol. The smallest absolute Gasteiger partial charge is 0.305 e. The lowest BCUT2D eigenvalue weighted by Gasteiger charge is -2.70. The molecule has 38 heavy (non-hydrogen) atoms. The summed E-state index contributed by atoms with van der Waals surface area (Å²) in [5.41, 5.74) is 0.378. The first-order chi connectivity index (χ1) is 17.5. The zero-order valence-electron chi connectivity index (χ0n) is 25.0. The maximum absolute atomic E-state index is 14.4. The maximum Gasteiger partial charge on any atom is 0.305 e. The van der Waals surface area contributed by atoms with Gasteiger partial charge < -0.3 is 4.74 Å². The average Bonchev–Trinajstić information content (AvgIpc) is 2.83. The van der Waals surface area contributed by atoms with Crippen LogP contribution < -0.4 is 0 Å². The summed E-state index contributed by atoms with van der Waals surface area (Å²) in [7, 11) is 0. The SMILES string of the molecule is CCC(=O)O[C@H]1CC[C@@]2(C)C(CC[C@]3(C)[C@@H]2C(=O)C=C2[C@@H]4CC(C)(C(=O)Cl)CC[C@]4(C)CC[C@]23C)C1(C)C. The van der Waals surface area contributed by atoms with Gasteiger partial charge in [-0.25, -0.2) is 0 Å². The molecule has 0 radical (unpaired) electrons. The monoisotopic (exact) mass is 544 g/mol. The van der Waals surface area contributed by atoms with Crippen molar-refractivity contribution in [2.75, 3.05) is 0 Å². The molecule has 0 aromatic carbocycles. The van der Waals surface area contributed by atoms with E-state index < -0.39 is 5.41 Å². The Morgan fingerprint density at radius 1 is 0.947 bits per heavy atom. The lowest BCUT2D eigenvalue weighted by molar-refractivity contribution is -0.210. The van der Waals surface area contributed by atoms with E-state index in [9.17, 15) is 14.4 Å². The van der Waals surface area contributed by atoms with Gasteiger partial charge in [-0.05, 0) is 109 Å². The molecule has 9 atom stereocenters. The van der Waals surface area contributed by atoms with Crippen molar-refractivity contribution in [2.45, 2.75) is 126 Å². The van der Waals surface area contributed by atoms with E-state index in [1.165, 1.54) is 5.57 Å². The molecule has 5 aliphatic rings. The van der Waals surface area contributed by atoms with Crippen molar-refractivity contribution in [3.8, 4) is 0 Å². The molecule has 0 aromatic rings. The van der Waals surface area contributed by atoms with Crippen molar-refractivity contribution in [2.24, 2.45) is 50.2 Å². The topological polar surface area (TPSA) is 60.4 Å². The quantitative estimate of drug-likeness (QED) is 0.266. The van der Waals surface area contributed by atoms with Gasteiger partial charge in [-0.15, -0.1) is 0 Å². The van der Waals surface area contributed by atoms with Gasteiger partial charge in [0.1, 0.15) is 6.10 Å². The number of carbonyl (C=O) groups is 3. The molecule has 0 heterocycles. The van der Waals surface area contributed by atoms with Crippen LogP contribution in [0, 0.1) is 50.2 Å². The third-order valence-corrected chi connectivity index (χ3v) is 14.0. The van der Waals surface area contributed by atoms with Crippen LogP contribution in [-0.2, 0) is 19.1 Å². The van der Waals surface area contributed by atoms with Gasteiger partial charge in [0.25, 0.3) is 0 Å². The number of hydrogen-bond donors (Lipinski definition) is 0. The highest BCUT2D eigenvalue weighted by molar-refractivity contribution is 6.64. The highest BCUT2D eigenvalue weighted by Gasteiger charge is 2.70. The van der Waals surface area contributed by atoms with Crippen LogP contribution in [0.1, 0.15) is 120 Å². The number of esters is 1. The summed E-state index contributed by atoms with van der Waals surface area (Å²) < 4.78 is 5.98. The number of allylic oxidation sites excluding steroid dienone is 2. The molecule has 4 fully saturated rings. The van der Waals surface area contributed by atoms with E-state index in [1.807, 2.05) is 13.8 Å². The molecular weight excluding hydrogens is 496 g/mol. The number of rotatable bonds is 3. The van der Waals surface area contributed by atoms with E-state index in [0.29, 0.717) is 18.1 Å². The van der Waals surface area contributed by atoms with Crippen LogP contribution >= 0.6 is 11.6 Å². The van der Waals surface area contributed by atoms with Crippen LogP contribution in [0.2, 0.25) is 0 Å². The van der Waals surface area contributed by atoms with Crippen LogP contribution in [0.5, 0.6) is 0 Å². The minimum absolute atomic E-state index is 0.0430. The summed E-state index contributed by atoms with van der Waals surface area (Å²) in [6, 6.07) is 0. The van der Waals surface area contributed by atoms with Crippen LogP contribution in [0.3, 0.4) is 0 Å². The van der Waals surface area contributed by atoms with Gasteiger partial charge >= 0.3 is 5.97 Å². The molecule has 4 saturated carbocycles. The summed E-state index contributed by atoms with van der Waals surface area (Å²) in [5, 5.41) is -0.227. The second-order valence-corrected chi connectivity index (χ2v) is 16.1. The first-order valence-electron chi connectivity index (χ1n) is 15.1. The molecule has 5 heteroatoms. The van der Waals surface area contributed by atoms with Gasteiger partial charge in [-0.3, -0.25) is 14.4 Å². The normalized spacial score (nSPS) is 49.5. The van der Waals surface area contributed by atoms with Crippen LogP contribution in [0.4, 0.5) is 0 Å². The summed E-state index contributed by atoms with van der Waals surface area (Å²) in [6.45, 7) is 18.0. The Kier molecular flexibility index (Phi) is 6.47. The van der Waals surface area contributed by atoms with Gasteiger partial charge in [-0.1, -0.05) is 61.0 Å². The largest absolute Gasteiger partial charge is 0.462 e. The van der Waals surface area contributed by atoms with Crippen molar-refractivity contribution in [1.82, 2.24) is 0 Å². The molecule has 2 unspecified atom stereocenters. The van der Waals surface area contributed by atoms with Gasteiger partial charge in [0, 0.05) is 23.2 Å². The first-order valence-corrected chi connectivity index (χ1v) is 15.5. The van der Waals surface area contributed by atoms with E-state index in [-0.39, 0.29) is 56.2 Å². The Labute approximate surface area is 235 Å². The number of hydrogen-bond acceptors (Lipinski definition) is 4. The molecule has 0 aromatic heterocycles. The Balaban J connectivity index is 1.56. The number of ether oxygens (including phenoxy) is 1. The highest BCUT2D eigenvalue weighted by Crippen LogP contribution is 2.75. The molecule has 0 aliphatic heterocycles. The third-order valence-electron chi connectivity index (χ3n) is 13.6. The highest BCUT2D eigenvalue weighted by atomic mass is 35.5. The maximum atomic E-state index is 14.4. The number of halogens is 1. The van der Waals surface area contributed by atoms with Crippen LogP contribution in [0.25, 0.3) is 0 Å². The van der Waals surface area contributed by atoms with Crippen LogP contribution in [-0.4, -0.2) is 23.1 Å². The molecule has 4 nitrogen and oxygen atoms in total. The van der Waals surface area contributed by atoms with Crippen molar-refractivity contribution < 1.29 is 19.1 Å². The van der Waals surface area contributed by atoms with Gasteiger partial charge in [0.05, 0.1) is 0 Å². The lowest BCUT2D eigenvalue weighted by atomic mass is 9.33. The molecular formula is C33H49ClO4. The second kappa shape index (κ2) is 8.67. The fourth-order valence-corrected chi connectivity index (χ4v) is 11.0. The molecule has 0 saturated heterocycles. The number of carbonyl (C=O) groups excluding carboxylic acids is 3. The number of fused-ring (bicyclic) bond motifs is 7. The molecule has 0 N–H and O–H groups in total. The van der Waals surface area contributed by atoms with Crippen molar-refractivity contribution in [1.29, 1.82) is 0 Å². The standard InChI is InChI=1S/C33H49ClO4/c1-9-25(36)38-24-11-12-31(6)23(28(24,2)3)10-13-33(8)26(31)22(35)18-20-21-19-30(5,27(34)37)15-14-29(21,4)16-17-32(20,33)7/h18,21,23-24,26H,9-17,19H2,1-8H3/t21-,23?,24-,26+,29+,30?,31-,32+,33+/m0/s1. The minimum atomic E-state index is -0.520. The van der Waals surface area contributed by atoms with Crippen LogP contribution in [0.15, 0.2) is 11.6 Å². The van der Waals surface area contributed by atoms with E-state index in [1.54, 1.807) is 0 Å². The molecule has 5 rings (SSSR count). The molecule has 0 bridgehead atoms. The van der Waals surface area contributed by atoms with E-state index in [4.69, 9.17) is 16.3 Å². The van der Waals surface area contributed by atoms with Crippen molar-refractivity contribution in [3.63, 3.8) is 0 Å². The zero-order valence-corrected chi connectivity index (χ0v) is 25.7. The van der Waals surface area contributed by atoms with Gasteiger partial charge in [0.15, 0.2) is 5.78 Å². The first kappa shape index (κ1) is 28.4. The Bertz CT molecular complexity index is 1090. The van der Waals surface area contributed by atoms with E-state index in [0.717, 1.165) is 57.8 Å². The second-order valence-electron chi connectivity index (χ2n) is 15.7. The number of ketones is 1. The third kappa shape index (κ3) is 3.63. The molecule has 212 valence electrons. The molecule has 0 spiro atoms. The van der Waals surface area contributed by atoms with E-state index in [2.05, 4.69) is 47.6 Å². The Hall–Kier alpha value is -1.16. The predicted octanol–water partition coefficient (Wildman–Crippen LogP) is 8.05. The summed E-state index contributed by atoms with van der Waals surface area (Å²) >= 11 is 6.17. The molecule has 0 amide bonds. The zero-order chi connectivity index (χ0) is 28.1.